The van der Waals surface area contributed by atoms with Gasteiger partial charge >= 0.3 is 12.1 Å². The molecule has 0 saturated heterocycles. The summed E-state index contributed by atoms with van der Waals surface area (Å²) in [6.45, 7) is 0. The third-order valence-electron chi connectivity index (χ3n) is 2.30. The van der Waals surface area contributed by atoms with Crippen LogP contribution in [0.5, 0.6) is 0 Å². The van der Waals surface area contributed by atoms with Gasteiger partial charge in [-0.3, -0.25) is 4.79 Å². The molecule has 5 nitrogen and oxygen atoms in total. The van der Waals surface area contributed by atoms with Crippen LogP contribution in [-0.2, 0) is 0 Å². The van der Waals surface area contributed by atoms with Crippen LogP contribution >= 0.6 is 0 Å². The molecule has 1 amide bonds. The summed E-state index contributed by atoms with van der Waals surface area (Å²) in [6.07, 6.45) is -3.83. The highest BCUT2D eigenvalue weighted by Gasteiger charge is 2.61. The summed E-state index contributed by atoms with van der Waals surface area (Å²) in [7, 11) is 0. The maximum atomic E-state index is 12.6. The summed E-state index contributed by atoms with van der Waals surface area (Å²) in [6, 6.07) is 2.53. The van der Waals surface area contributed by atoms with Crippen LogP contribution in [0.2, 0.25) is 0 Å². The van der Waals surface area contributed by atoms with E-state index >= 15 is 0 Å². The van der Waals surface area contributed by atoms with Crippen molar-refractivity contribution >= 4 is 12.1 Å². The number of aliphatic hydroxyl groups is 1. The second-order valence-electron chi connectivity index (χ2n) is 3.41. The summed E-state index contributed by atoms with van der Waals surface area (Å²) < 4.78 is 42.6. The summed E-state index contributed by atoms with van der Waals surface area (Å²) in [5.74, 6) is -1.48. The molecule has 1 N–H and O–H groups in total. The van der Waals surface area contributed by atoms with Crippen LogP contribution in [0.3, 0.4) is 0 Å². The van der Waals surface area contributed by atoms with Gasteiger partial charge in [0.1, 0.15) is 0 Å². The number of rotatable bonds is 1. The van der Waals surface area contributed by atoms with Crippen LogP contribution in [0.25, 0.3) is 0 Å². The third kappa shape index (κ3) is 1.70. The second-order valence-corrected chi connectivity index (χ2v) is 3.41. The minimum absolute atomic E-state index is 0.0220. The van der Waals surface area contributed by atoms with Crippen LogP contribution in [-0.4, -0.2) is 34.1 Å². The average Bonchev–Trinajstić information content (AvgIpc) is 2.84. The highest BCUT2D eigenvalue weighted by atomic mass is 19.4. The third-order valence-corrected chi connectivity index (χ3v) is 2.30. The predicted molar refractivity (Wildman–Crippen MR) is 49.0 cm³/mol. The first-order valence-electron chi connectivity index (χ1n) is 4.56. The van der Waals surface area contributed by atoms with Crippen LogP contribution in [0.4, 0.5) is 13.2 Å². The quantitative estimate of drug-likeness (QED) is 0.816. The van der Waals surface area contributed by atoms with E-state index in [0.29, 0.717) is 0 Å². The fourth-order valence-electron chi connectivity index (χ4n) is 1.39. The van der Waals surface area contributed by atoms with Crippen molar-refractivity contribution in [2.24, 2.45) is 5.10 Å². The van der Waals surface area contributed by atoms with E-state index in [2.05, 4.69) is 9.52 Å². The molecular weight excluding hydrogens is 241 g/mol. The van der Waals surface area contributed by atoms with Crippen LogP contribution in [0.15, 0.2) is 27.9 Å². The lowest BCUT2D eigenvalue weighted by atomic mass is 10.1. The Bertz CT molecular complexity index is 455. The van der Waals surface area contributed by atoms with Crippen LogP contribution in [0, 0.1) is 0 Å². The number of hydrogen-bond donors (Lipinski definition) is 1. The number of carbonyl (C=O) groups excluding carboxylic acids is 1. The zero-order valence-corrected chi connectivity index (χ0v) is 8.31. The number of nitrogens with zero attached hydrogens (tertiary/aromatic N) is 2. The monoisotopic (exact) mass is 248 g/mol. The van der Waals surface area contributed by atoms with Crippen molar-refractivity contribution in [1.82, 2.24) is 5.01 Å². The SMILES string of the molecule is O=C(c1ccco1)N1N=CCC1(O)C(F)(F)F. The van der Waals surface area contributed by atoms with E-state index in [1.807, 2.05) is 0 Å². The van der Waals surface area contributed by atoms with Crippen molar-refractivity contribution in [3.8, 4) is 0 Å². The largest absolute Gasteiger partial charge is 0.459 e. The smallest absolute Gasteiger partial charge is 0.438 e. The molecule has 2 heterocycles. The Morgan fingerprint density at radius 2 is 2.29 bits per heavy atom. The highest BCUT2D eigenvalue weighted by Crippen LogP contribution is 2.39. The molecule has 1 atom stereocenters. The van der Waals surface area contributed by atoms with Gasteiger partial charge in [0.15, 0.2) is 5.76 Å². The van der Waals surface area contributed by atoms with Gasteiger partial charge in [0.25, 0.3) is 5.72 Å². The van der Waals surface area contributed by atoms with Crippen molar-refractivity contribution in [3.05, 3.63) is 24.2 Å². The van der Waals surface area contributed by atoms with Gasteiger partial charge in [-0.1, -0.05) is 0 Å². The molecule has 0 fully saturated rings. The van der Waals surface area contributed by atoms with Crippen molar-refractivity contribution in [2.75, 3.05) is 0 Å². The molecule has 17 heavy (non-hydrogen) atoms. The maximum Gasteiger partial charge on any atom is 0.438 e. The fourth-order valence-corrected chi connectivity index (χ4v) is 1.39. The number of hydrazone groups is 1. The predicted octanol–water partition coefficient (Wildman–Crippen LogP) is 1.36. The molecule has 0 aromatic carbocycles. The van der Waals surface area contributed by atoms with Gasteiger partial charge in [-0.25, -0.2) is 0 Å². The van der Waals surface area contributed by atoms with Gasteiger partial charge < -0.3 is 9.52 Å². The molecule has 8 heteroatoms. The number of hydrogen-bond acceptors (Lipinski definition) is 4. The molecule has 1 aromatic heterocycles. The van der Waals surface area contributed by atoms with E-state index in [-0.39, 0.29) is 10.8 Å². The van der Waals surface area contributed by atoms with Crippen LogP contribution < -0.4 is 0 Å². The highest BCUT2D eigenvalue weighted by molar-refractivity contribution is 5.93. The lowest BCUT2D eigenvalue weighted by molar-refractivity contribution is -0.297. The standard InChI is InChI=1S/C9H7F3N2O3/c10-9(11,12)8(16)3-4-13-14(8)7(15)6-2-1-5-17-6/h1-2,4-5,16H,3H2. The van der Waals surface area contributed by atoms with Crippen molar-refractivity contribution in [3.63, 3.8) is 0 Å². The lowest BCUT2D eigenvalue weighted by Gasteiger charge is -2.31. The molecule has 0 radical (unpaired) electrons. The molecule has 0 bridgehead atoms. The molecule has 92 valence electrons. The molecule has 1 aliphatic heterocycles. The Hall–Kier alpha value is -1.83. The van der Waals surface area contributed by atoms with Gasteiger partial charge in [0.05, 0.1) is 6.26 Å². The first-order chi connectivity index (χ1) is 7.86. The first-order valence-corrected chi connectivity index (χ1v) is 4.56. The molecule has 1 unspecified atom stereocenters. The number of amides is 1. The van der Waals surface area contributed by atoms with Gasteiger partial charge in [-0.15, -0.1) is 0 Å². The van der Waals surface area contributed by atoms with Gasteiger partial charge in [-0.2, -0.15) is 23.3 Å². The number of carbonyl (C=O) groups is 1. The van der Waals surface area contributed by atoms with E-state index in [4.69, 9.17) is 0 Å². The number of halogens is 3. The first kappa shape index (κ1) is 11.6. The zero-order valence-electron chi connectivity index (χ0n) is 8.31. The van der Waals surface area contributed by atoms with E-state index < -0.39 is 24.2 Å². The Balaban J connectivity index is 2.32. The Kier molecular flexibility index (Phi) is 2.46. The van der Waals surface area contributed by atoms with E-state index in [0.717, 1.165) is 12.5 Å². The van der Waals surface area contributed by atoms with Crippen molar-refractivity contribution < 1.29 is 27.5 Å². The van der Waals surface area contributed by atoms with Gasteiger partial charge in [-0.05, 0) is 12.1 Å². The van der Waals surface area contributed by atoms with Crippen molar-refractivity contribution in [2.45, 2.75) is 18.3 Å². The molecular formula is C9H7F3N2O3. The number of furan rings is 1. The summed E-state index contributed by atoms with van der Waals surface area (Å²) in [5, 5.41) is 12.7. The second kappa shape index (κ2) is 3.59. The van der Waals surface area contributed by atoms with E-state index in [9.17, 15) is 23.1 Å². The van der Waals surface area contributed by atoms with Crippen LogP contribution in [0.1, 0.15) is 17.0 Å². The molecule has 1 aromatic rings. The Morgan fingerprint density at radius 3 is 2.82 bits per heavy atom. The summed E-state index contributed by atoms with van der Waals surface area (Å²) in [4.78, 5) is 11.6. The normalized spacial score (nSPS) is 24.4. The van der Waals surface area contributed by atoms with E-state index in [1.54, 1.807) is 0 Å². The minimum Gasteiger partial charge on any atom is -0.459 e. The van der Waals surface area contributed by atoms with Gasteiger partial charge in [0, 0.05) is 12.6 Å². The molecule has 2 rings (SSSR count). The molecule has 0 aliphatic carbocycles. The maximum absolute atomic E-state index is 12.6. The molecule has 1 aliphatic rings. The lowest BCUT2D eigenvalue weighted by Crippen LogP contribution is -2.56. The Labute approximate surface area is 93.1 Å². The Morgan fingerprint density at radius 1 is 1.59 bits per heavy atom. The average molecular weight is 248 g/mol. The van der Waals surface area contributed by atoms with Crippen molar-refractivity contribution in [1.29, 1.82) is 0 Å². The number of alkyl halides is 3. The minimum atomic E-state index is -4.99. The fraction of sp³-hybridized carbons (Fsp3) is 0.333. The zero-order chi connectivity index (χ0) is 12.7. The molecule has 0 spiro atoms. The summed E-state index contributed by atoms with van der Waals surface area (Å²) >= 11 is 0. The van der Waals surface area contributed by atoms with Gasteiger partial charge in [0.2, 0.25) is 0 Å². The summed E-state index contributed by atoms with van der Waals surface area (Å²) in [5.41, 5.74) is -3.31. The topological polar surface area (TPSA) is 66.0 Å². The molecule has 0 saturated carbocycles. The van der Waals surface area contributed by atoms with E-state index in [1.165, 1.54) is 12.1 Å².